The lowest BCUT2D eigenvalue weighted by Crippen LogP contribution is -2.02. The quantitative estimate of drug-likeness (QED) is 0.752. The Kier molecular flexibility index (Phi) is 3.13. The second-order valence-electron chi connectivity index (χ2n) is 4.45. The van der Waals surface area contributed by atoms with Gasteiger partial charge in [0.15, 0.2) is 0 Å². The van der Waals surface area contributed by atoms with Gasteiger partial charge in [-0.05, 0) is 25.1 Å². The largest absolute Gasteiger partial charge is 0.378 e. The Morgan fingerprint density at radius 3 is 2.84 bits per heavy atom. The molecule has 4 heteroatoms. The fourth-order valence-electron chi connectivity index (χ4n) is 2.14. The molecule has 19 heavy (non-hydrogen) atoms. The lowest BCUT2D eigenvalue weighted by Gasteiger charge is -2.07. The van der Waals surface area contributed by atoms with Crippen LogP contribution in [0.3, 0.4) is 0 Å². The van der Waals surface area contributed by atoms with Crippen molar-refractivity contribution in [3.05, 3.63) is 59.0 Å². The molecule has 0 radical (unpaired) electrons. The number of para-hydroxylation sites is 1. The molecule has 0 spiro atoms. The number of nitrogens with zero attached hydrogens (tertiary/aromatic N) is 1. The summed E-state index contributed by atoms with van der Waals surface area (Å²) < 4.78 is 0. The lowest BCUT2D eigenvalue weighted by molar-refractivity contribution is 1.06. The van der Waals surface area contributed by atoms with Crippen molar-refractivity contribution in [2.45, 2.75) is 13.5 Å². The Morgan fingerprint density at radius 1 is 1.21 bits per heavy atom. The Balaban J connectivity index is 1.86. The zero-order valence-electron chi connectivity index (χ0n) is 10.6. The Labute approximate surface area is 116 Å². The summed E-state index contributed by atoms with van der Waals surface area (Å²) in [6, 6.07) is 12.0. The van der Waals surface area contributed by atoms with Gasteiger partial charge >= 0.3 is 0 Å². The number of aryl methyl sites for hydroxylation is 1. The summed E-state index contributed by atoms with van der Waals surface area (Å²) in [5, 5.41) is 5.19. The molecule has 2 N–H and O–H groups in total. The molecule has 0 unspecified atom stereocenters. The normalized spacial score (nSPS) is 10.8. The number of anilines is 1. The van der Waals surface area contributed by atoms with Crippen LogP contribution in [0.2, 0.25) is 5.02 Å². The molecular weight excluding hydrogens is 258 g/mol. The molecule has 0 aliphatic rings. The lowest BCUT2D eigenvalue weighted by atomic mass is 10.2. The van der Waals surface area contributed by atoms with Gasteiger partial charge in [0.1, 0.15) is 0 Å². The molecule has 1 aromatic carbocycles. The van der Waals surface area contributed by atoms with E-state index in [1.165, 1.54) is 0 Å². The second-order valence-corrected chi connectivity index (χ2v) is 4.83. The summed E-state index contributed by atoms with van der Waals surface area (Å²) in [5.74, 6) is 0. The van der Waals surface area contributed by atoms with E-state index in [9.17, 15) is 0 Å². The summed E-state index contributed by atoms with van der Waals surface area (Å²) in [7, 11) is 0. The molecule has 0 saturated heterocycles. The van der Waals surface area contributed by atoms with Gasteiger partial charge in [0, 0.05) is 17.1 Å². The molecular formula is C15H14ClN3. The van der Waals surface area contributed by atoms with Crippen LogP contribution in [0.4, 0.5) is 5.69 Å². The van der Waals surface area contributed by atoms with Gasteiger partial charge in [0.25, 0.3) is 0 Å². The molecule has 2 heterocycles. The summed E-state index contributed by atoms with van der Waals surface area (Å²) >= 11 is 6.38. The van der Waals surface area contributed by atoms with Crippen molar-refractivity contribution in [2.75, 3.05) is 5.32 Å². The van der Waals surface area contributed by atoms with Crippen LogP contribution in [0.5, 0.6) is 0 Å². The topological polar surface area (TPSA) is 40.7 Å². The number of nitrogens with one attached hydrogen (secondary N) is 2. The molecule has 0 aliphatic heterocycles. The highest BCUT2D eigenvalue weighted by Gasteiger charge is 2.08. The molecule has 96 valence electrons. The van der Waals surface area contributed by atoms with E-state index in [1.807, 2.05) is 43.3 Å². The number of H-pyrrole nitrogens is 1. The number of hydrogen-bond acceptors (Lipinski definition) is 2. The maximum absolute atomic E-state index is 6.38. The number of aromatic nitrogens is 2. The van der Waals surface area contributed by atoms with Crippen LogP contribution in [0.1, 0.15) is 11.4 Å². The average molecular weight is 272 g/mol. The van der Waals surface area contributed by atoms with Crippen LogP contribution in [-0.2, 0) is 6.54 Å². The van der Waals surface area contributed by atoms with E-state index in [0.717, 1.165) is 33.0 Å². The standard InChI is InChI=1S/C15H14ClN3/c1-10-12(7-4-8-17-10)18-9-14-15(16)11-5-2-3-6-13(11)19-14/h2-8,18-19H,9H2,1H3. The van der Waals surface area contributed by atoms with Gasteiger partial charge in [-0.2, -0.15) is 0 Å². The van der Waals surface area contributed by atoms with E-state index in [4.69, 9.17) is 11.6 Å². The number of hydrogen-bond donors (Lipinski definition) is 2. The minimum Gasteiger partial charge on any atom is -0.378 e. The predicted molar refractivity (Wildman–Crippen MR) is 79.6 cm³/mol. The Hall–Kier alpha value is -2.00. The number of halogens is 1. The maximum atomic E-state index is 6.38. The van der Waals surface area contributed by atoms with E-state index >= 15 is 0 Å². The summed E-state index contributed by atoms with van der Waals surface area (Å²) in [4.78, 5) is 7.59. The summed E-state index contributed by atoms with van der Waals surface area (Å²) in [5.41, 5.74) is 4.06. The van der Waals surface area contributed by atoms with E-state index in [1.54, 1.807) is 6.20 Å². The zero-order chi connectivity index (χ0) is 13.2. The minimum atomic E-state index is 0.653. The van der Waals surface area contributed by atoms with Gasteiger partial charge in [0.2, 0.25) is 0 Å². The average Bonchev–Trinajstić information content (AvgIpc) is 2.75. The monoisotopic (exact) mass is 271 g/mol. The molecule has 0 amide bonds. The van der Waals surface area contributed by atoms with Crippen molar-refractivity contribution in [2.24, 2.45) is 0 Å². The van der Waals surface area contributed by atoms with Crippen molar-refractivity contribution in [3.8, 4) is 0 Å². The van der Waals surface area contributed by atoms with Gasteiger partial charge < -0.3 is 10.3 Å². The molecule has 3 nitrogen and oxygen atoms in total. The number of fused-ring (bicyclic) bond motifs is 1. The summed E-state index contributed by atoms with van der Waals surface area (Å²) in [6.07, 6.45) is 1.79. The highest BCUT2D eigenvalue weighted by atomic mass is 35.5. The molecule has 0 fully saturated rings. The van der Waals surface area contributed by atoms with Crippen molar-refractivity contribution in [1.29, 1.82) is 0 Å². The van der Waals surface area contributed by atoms with Gasteiger partial charge in [-0.15, -0.1) is 0 Å². The molecule has 0 saturated carbocycles. The first-order chi connectivity index (χ1) is 9.25. The third-order valence-electron chi connectivity index (χ3n) is 3.18. The number of benzene rings is 1. The number of pyridine rings is 1. The fourth-order valence-corrected chi connectivity index (χ4v) is 2.42. The SMILES string of the molecule is Cc1ncccc1NCc1[nH]c2ccccc2c1Cl. The van der Waals surface area contributed by atoms with E-state index in [0.29, 0.717) is 6.54 Å². The summed E-state index contributed by atoms with van der Waals surface area (Å²) in [6.45, 7) is 2.63. The van der Waals surface area contributed by atoms with Crippen LogP contribution in [0, 0.1) is 6.92 Å². The third-order valence-corrected chi connectivity index (χ3v) is 3.61. The van der Waals surface area contributed by atoms with Gasteiger partial charge in [-0.1, -0.05) is 29.8 Å². The van der Waals surface area contributed by atoms with Crippen LogP contribution in [-0.4, -0.2) is 9.97 Å². The van der Waals surface area contributed by atoms with Crippen molar-refractivity contribution in [3.63, 3.8) is 0 Å². The van der Waals surface area contributed by atoms with Crippen LogP contribution < -0.4 is 5.32 Å². The van der Waals surface area contributed by atoms with Crippen molar-refractivity contribution < 1.29 is 0 Å². The van der Waals surface area contributed by atoms with Crippen LogP contribution in [0.15, 0.2) is 42.6 Å². The van der Waals surface area contributed by atoms with Crippen LogP contribution >= 0.6 is 11.6 Å². The van der Waals surface area contributed by atoms with Crippen LogP contribution in [0.25, 0.3) is 10.9 Å². The van der Waals surface area contributed by atoms with E-state index in [2.05, 4.69) is 15.3 Å². The molecule has 0 aliphatic carbocycles. The molecule has 2 aromatic heterocycles. The van der Waals surface area contributed by atoms with Gasteiger partial charge in [-0.3, -0.25) is 4.98 Å². The first-order valence-corrected chi connectivity index (χ1v) is 6.54. The Morgan fingerprint density at radius 2 is 2.05 bits per heavy atom. The number of aromatic amines is 1. The van der Waals surface area contributed by atoms with Crippen molar-refractivity contribution >= 4 is 28.2 Å². The zero-order valence-corrected chi connectivity index (χ0v) is 11.3. The number of rotatable bonds is 3. The minimum absolute atomic E-state index is 0.653. The first kappa shape index (κ1) is 12.1. The maximum Gasteiger partial charge on any atom is 0.0710 e. The highest BCUT2D eigenvalue weighted by Crippen LogP contribution is 2.27. The molecule has 0 bridgehead atoms. The molecule has 3 rings (SSSR count). The van der Waals surface area contributed by atoms with Gasteiger partial charge in [-0.25, -0.2) is 0 Å². The second kappa shape index (κ2) is 4.94. The fraction of sp³-hybridized carbons (Fsp3) is 0.133. The smallest absolute Gasteiger partial charge is 0.0710 e. The molecule has 0 atom stereocenters. The van der Waals surface area contributed by atoms with Gasteiger partial charge in [0.05, 0.1) is 28.6 Å². The highest BCUT2D eigenvalue weighted by molar-refractivity contribution is 6.36. The predicted octanol–water partition coefficient (Wildman–Crippen LogP) is 4.14. The Bertz CT molecular complexity index is 718. The van der Waals surface area contributed by atoms with E-state index in [-0.39, 0.29) is 0 Å². The first-order valence-electron chi connectivity index (χ1n) is 6.16. The van der Waals surface area contributed by atoms with E-state index < -0.39 is 0 Å². The third kappa shape index (κ3) is 2.29. The molecule has 3 aromatic rings. The van der Waals surface area contributed by atoms with Crippen molar-refractivity contribution in [1.82, 2.24) is 9.97 Å².